The van der Waals surface area contributed by atoms with Crippen molar-refractivity contribution >= 4 is 39.0 Å². The van der Waals surface area contributed by atoms with Crippen LogP contribution in [0.1, 0.15) is 70.9 Å². The largest absolute Gasteiger partial charge is 0.490 e. The molecule has 13 heteroatoms. The van der Waals surface area contributed by atoms with Gasteiger partial charge in [-0.05, 0) is 97.7 Å². The summed E-state index contributed by atoms with van der Waals surface area (Å²) in [5, 5.41) is 4.88. The molecule has 1 spiro atoms. The van der Waals surface area contributed by atoms with Crippen molar-refractivity contribution in [1.29, 1.82) is 0 Å². The minimum atomic E-state index is -3.61. The summed E-state index contributed by atoms with van der Waals surface area (Å²) < 4.78 is 40.8. The SMILES string of the molecule is COc1nn(C)cc1C(=O)NS1(=O)=NC(=O)c2ccc3c(c2)N(C[C@@H]2CC[C@H]2[C@@H](OC)C/C=C\[C@H](C)C1)C[C@@]1(CCCc2cc(Cl)ccc21)CO3. The summed E-state index contributed by atoms with van der Waals surface area (Å²) in [6.45, 7) is 3.88. The lowest BCUT2D eigenvalue weighted by molar-refractivity contribution is -0.0141. The Morgan fingerprint density at radius 3 is 2.78 bits per heavy atom. The Hall–Kier alpha value is -3.87. The number of methoxy groups -OCH3 is 2. The van der Waals surface area contributed by atoms with Crippen molar-refractivity contribution in [3.05, 3.63) is 82.0 Å². The molecule has 2 aliphatic heterocycles. The van der Waals surface area contributed by atoms with Crippen LogP contribution < -0.4 is 19.1 Å². The number of allylic oxidation sites excluding steroid dienone is 1. The van der Waals surface area contributed by atoms with Crippen LogP contribution >= 0.6 is 11.6 Å². The quantitative estimate of drug-likeness (QED) is 0.317. The number of hydrogen-bond acceptors (Lipinski definition) is 8. The van der Waals surface area contributed by atoms with Gasteiger partial charge in [0.1, 0.15) is 21.2 Å². The standard InChI is InChI=1S/C38H46ClN5O6S/c1-24-7-5-9-33(48-3)29-13-10-27(29)19-44-22-38(16-6-8-25-17-28(39)12-14-31(25)38)23-50-34-15-11-26(18-32(34)44)35(45)41-51(47,21-24)42-36(46)30-20-43(2)40-37(30)49-4/h5,7,11-12,14-15,17-18,20,24,27,29,33H,6,8-10,13,16,19,21-23H2,1-4H3,(H,41,42,45,46,47)/b7-5-/t24-,27-,29+,33-,38-,51?/m0/s1. The fraction of sp³-hybridized carbons (Fsp3) is 0.500. The van der Waals surface area contributed by atoms with E-state index in [0.717, 1.165) is 49.4 Å². The van der Waals surface area contributed by atoms with Crippen LogP contribution in [0.5, 0.6) is 11.6 Å². The lowest BCUT2D eigenvalue weighted by Crippen LogP contribution is -2.49. The number of carbonyl (C=O) groups excluding carboxylic acids is 2. The predicted molar refractivity (Wildman–Crippen MR) is 197 cm³/mol. The molecule has 1 unspecified atom stereocenters. The van der Waals surface area contributed by atoms with Crippen molar-refractivity contribution in [3.63, 3.8) is 0 Å². The van der Waals surface area contributed by atoms with Gasteiger partial charge in [-0.2, -0.15) is 0 Å². The lowest BCUT2D eigenvalue weighted by Gasteiger charge is -2.46. The fourth-order valence-corrected chi connectivity index (χ4v) is 10.4. The molecule has 51 heavy (non-hydrogen) atoms. The maximum absolute atomic E-state index is 14.6. The van der Waals surface area contributed by atoms with E-state index in [0.29, 0.717) is 37.2 Å². The van der Waals surface area contributed by atoms with E-state index in [2.05, 4.69) is 37.3 Å². The fourth-order valence-electron chi connectivity index (χ4n) is 8.41. The predicted octanol–water partition coefficient (Wildman–Crippen LogP) is 6.15. The topological polar surface area (TPSA) is 124 Å². The Bertz CT molecular complexity index is 1990. The van der Waals surface area contributed by atoms with Crippen LogP contribution in [-0.2, 0) is 33.5 Å². The molecule has 272 valence electrons. The maximum Gasteiger partial charge on any atom is 0.286 e. The number of halogens is 1. The van der Waals surface area contributed by atoms with Gasteiger partial charge in [0.15, 0.2) is 0 Å². The molecule has 1 N–H and O–H groups in total. The molecule has 7 rings (SSSR count). The smallest absolute Gasteiger partial charge is 0.286 e. The number of ether oxygens (including phenoxy) is 3. The summed E-state index contributed by atoms with van der Waals surface area (Å²) in [5.74, 6) is -0.177. The molecular weight excluding hydrogens is 690 g/mol. The number of carbonyl (C=O) groups is 2. The van der Waals surface area contributed by atoms with Crippen molar-refractivity contribution in [2.75, 3.05) is 44.6 Å². The molecule has 2 aliphatic carbocycles. The number of aromatic nitrogens is 2. The Morgan fingerprint density at radius 2 is 2.02 bits per heavy atom. The number of anilines is 1. The van der Waals surface area contributed by atoms with Crippen LogP contribution in [0.15, 0.2) is 59.1 Å². The summed E-state index contributed by atoms with van der Waals surface area (Å²) in [4.78, 5) is 29.9. The molecule has 1 fully saturated rings. The van der Waals surface area contributed by atoms with Crippen molar-refractivity contribution < 1.29 is 28.0 Å². The van der Waals surface area contributed by atoms with E-state index in [4.69, 9.17) is 25.8 Å². The molecule has 3 heterocycles. The summed E-state index contributed by atoms with van der Waals surface area (Å²) in [5.41, 5.74) is 3.43. The Morgan fingerprint density at radius 1 is 1.18 bits per heavy atom. The number of hydrogen-bond donors (Lipinski definition) is 1. The van der Waals surface area contributed by atoms with Gasteiger partial charge in [0, 0.05) is 49.4 Å². The Kier molecular flexibility index (Phi) is 9.94. The zero-order chi connectivity index (χ0) is 35.9. The normalized spacial score (nSPS) is 29.7. The molecule has 1 aromatic heterocycles. The van der Waals surface area contributed by atoms with E-state index in [-0.39, 0.29) is 40.2 Å². The number of fused-ring (bicyclic) bond motifs is 4. The first-order chi connectivity index (χ1) is 24.5. The zero-order valence-corrected chi connectivity index (χ0v) is 31.2. The first-order valence-electron chi connectivity index (χ1n) is 17.7. The van der Waals surface area contributed by atoms with Crippen LogP contribution in [0.25, 0.3) is 0 Å². The number of benzene rings is 2. The molecule has 3 aromatic rings. The first-order valence-corrected chi connectivity index (χ1v) is 19.7. The highest BCUT2D eigenvalue weighted by Gasteiger charge is 2.44. The third-order valence-electron chi connectivity index (χ3n) is 11.0. The van der Waals surface area contributed by atoms with Crippen LogP contribution in [-0.4, -0.2) is 71.6 Å². The van der Waals surface area contributed by atoms with Crippen LogP contribution in [0.2, 0.25) is 5.02 Å². The number of rotatable bonds is 4. The average molecular weight is 736 g/mol. The van der Waals surface area contributed by atoms with Crippen LogP contribution in [0.3, 0.4) is 0 Å². The third-order valence-corrected chi connectivity index (χ3v) is 13.2. The zero-order valence-electron chi connectivity index (χ0n) is 29.6. The second-order valence-electron chi connectivity index (χ2n) is 14.6. The minimum absolute atomic E-state index is 0.0222. The number of nitrogens with one attached hydrogen (secondary N) is 1. The molecule has 0 radical (unpaired) electrons. The van der Waals surface area contributed by atoms with E-state index in [9.17, 15) is 13.8 Å². The molecule has 6 atom stereocenters. The monoisotopic (exact) mass is 735 g/mol. The summed E-state index contributed by atoms with van der Waals surface area (Å²) in [7, 11) is 1.22. The van der Waals surface area contributed by atoms with Crippen molar-refractivity contribution in [3.8, 4) is 11.6 Å². The van der Waals surface area contributed by atoms with E-state index < -0.39 is 21.7 Å². The third kappa shape index (κ3) is 7.15. The van der Waals surface area contributed by atoms with Gasteiger partial charge in [0.05, 0.1) is 31.3 Å². The van der Waals surface area contributed by atoms with Gasteiger partial charge >= 0.3 is 0 Å². The summed E-state index contributed by atoms with van der Waals surface area (Å²) in [6, 6.07) is 11.5. The average Bonchev–Trinajstić information content (AvgIpc) is 3.40. The molecular formula is C38H46ClN5O6S. The number of nitrogens with zero attached hydrogens (tertiary/aromatic N) is 4. The van der Waals surface area contributed by atoms with Gasteiger partial charge in [-0.3, -0.25) is 19.0 Å². The van der Waals surface area contributed by atoms with E-state index in [1.807, 2.05) is 31.2 Å². The highest BCUT2D eigenvalue weighted by atomic mass is 35.5. The van der Waals surface area contributed by atoms with Crippen molar-refractivity contribution in [2.45, 2.75) is 57.0 Å². The molecule has 2 amide bonds. The van der Waals surface area contributed by atoms with Gasteiger partial charge in [-0.25, -0.2) is 4.21 Å². The van der Waals surface area contributed by atoms with Gasteiger partial charge in [0.2, 0.25) is 5.88 Å². The molecule has 2 bridgehead atoms. The van der Waals surface area contributed by atoms with Crippen molar-refractivity contribution in [2.24, 2.45) is 29.2 Å². The maximum atomic E-state index is 14.6. The first kappa shape index (κ1) is 35.5. The highest BCUT2D eigenvalue weighted by molar-refractivity contribution is 7.92. The van der Waals surface area contributed by atoms with Gasteiger partial charge < -0.3 is 19.1 Å². The second-order valence-corrected chi connectivity index (χ2v) is 17.0. The highest BCUT2D eigenvalue weighted by Crippen LogP contribution is 2.47. The molecule has 0 saturated heterocycles. The van der Waals surface area contributed by atoms with E-state index in [1.54, 1.807) is 20.2 Å². The van der Waals surface area contributed by atoms with Crippen LogP contribution in [0.4, 0.5) is 5.69 Å². The number of aryl methyl sites for hydroxylation is 2. The van der Waals surface area contributed by atoms with Gasteiger partial charge in [-0.15, -0.1) is 9.46 Å². The van der Waals surface area contributed by atoms with E-state index >= 15 is 0 Å². The van der Waals surface area contributed by atoms with Crippen LogP contribution in [0, 0.1) is 17.8 Å². The Labute approximate surface area is 305 Å². The molecule has 11 nitrogen and oxygen atoms in total. The molecule has 2 aromatic carbocycles. The summed E-state index contributed by atoms with van der Waals surface area (Å²) >= 11 is 6.45. The lowest BCUT2D eigenvalue weighted by atomic mass is 9.68. The van der Waals surface area contributed by atoms with Gasteiger partial charge in [-0.1, -0.05) is 36.7 Å². The van der Waals surface area contributed by atoms with E-state index in [1.165, 1.54) is 29.1 Å². The van der Waals surface area contributed by atoms with Gasteiger partial charge in [0.25, 0.3) is 11.8 Å². The summed E-state index contributed by atoms with van der Waals surface area (Å²) in [6.07, 6.45) is 11.4. The number of amides is 2. The minimum Gasteiger partial charge on any atom is -0.490 e. The van der Waals surface area contributed by atoms with Crippen molar-refractivity contribution in [1.82, 2.24) is 14.5 Å². The molecule has 4 aliphatic rings. The Balaban J connectivity index is 1.31. The molecule has 1 saturated carbocycles. The second kappa shape index (κ2) is 14.3.